The third kappa shape index (κ3) is 4.61. The van der Waals surface area contributed by atoms with E-state index >= 15 is 0 Å². The van der Waals surface area contributed by atoms with Crippen LogP contribution in [-0.2, 0) is 6.54 Å². The molecule has 6 heteroatoms. The molecule has 0 saturated carbocycles. The van der Waals surface area contributed by atoms with Crippen LogP contribution in [0.1, 0.15) is 29.2 Å². The highest BCUT2D eigenvalue weighted by Crippen LogP contribution is 2.07. The number of hydrogen-bond acceptors (Lipinski definition) is 3. The zero-order valence-electron chi connectivity index (χ0n) is 9.73. The Labute approximate surface area is 104 Å². The van der Waals surface area contributed by atoms with Crippen LogP contribution in [0.15, 0.2) is 16.5 Å². The number of carboxylic acids is 1. The van der Waals surface area contributed by atoms with Gasteiger partial charge in [0, 0.05) is 13.0 Å². The minimum atomic E-state index is -1.14. The Morgan fingerprint density at radius 2 is 2.17 bits per heavy atom. The van der Waals surface area contributed by atoms with Crippen LogP contribution in [0.4, 0.5) is 4.79 Å². The predicted molar refractivity (Wildman–Crippen MR) is 64.0 cm³/mol. The molecular formula is C12H14N2O4. The van der Waals surface area contributed by atoms with Gasteiger partial charge in [-0.1, -0.05) is 0 Å². The van der Waals surface area contributed by atoms with Gasteiger partial charge in [0.25, 0.3) is 0 Å². The molecule has 1 heterocycles. The van der Waals surface area contributed by atoms with Gasteiger partial charge >= 0.3 is 12.0 Å². The molecule has 1 rings (SSSR count). The van der Waals surface area contributed by atoms with E-state index in [-0.39, 0.29) is 18.3 Å². The molecule has 3 N–H and O–H groups in total. The fraction of sp³-hybridized carbons (Fsp3) is 0.333. The number of carboxylic acid groups (broad SMARTS) is 1. The van der Waals surface area contributed by atoms with Gasteiger partial charge in [-0.2, -0.15) is 0 Å². The fourth-order valence-corrected chi connectivity index (χ4v) is 1.21. The van der Waals surface area contributed by atoms with E-state index in [2.05, 4.69) is 16.6 Å². The van der Waals surface area contributed by atoms with Gasteiger partial charge in [-0.05, 0) is 18.6 Å². The van der Waals surface area contributed by atoms with Gasteiger partial charge in [0.1, 0.15) is 5.76 Å². The topological polar surface area (TPSA) is 91.6 Å². The highest BCUT2D eigenvalue weighted by molar-refractivity contribution is 5.84. The highest BCUT2D eigenvalue weighted by atomic mass is 16.4. The Balaban J connectivity index is 2.25. The van der Waals surface area contributed by atoms with Crippen molar-refractivity contribution in [3.8, 4) is 12.3 Å². The van der Waals surface area contributed by atoms with E-state index in [1.54, 1.807) is 0 Å². The number of aromatic carboxylic acids is 1. The molecule has 1 aromatic rings. The number of nitrogens with one attached hydrogen (secondary N) is 2. The fourth-order valence-electron chi connectivity index (χ4n) is 1.21. The molecule has 0 bridgehead atoms. The lowest BCUT2D eigenvalue weighted by molar-refractivity contribution is 0.0660. The average molecular weight is 250 g/mol. The van der Waals surface area contributed by atoms with Gasteiger partial charge in [0.15, 0.2) is 0 Å². The van der Waals surface area contributed by atoms with Gasteiger partial charge in [-0.3, -0.25) is 0 Å². The van der Waals surface area contributed by atoms with E-state index in [1.807, 2.05) is 0 Å². The molecule has 96 valence electrons. The van der Waals surface area contributed by atoms with Crippen molar-refractivity contribution in [2.45, 2.75) is 19.4 Å². The SMILES string of the molecule is C#CCCCNC(=O)NCc1ccc(C(=O)O)o1. The van der Waals surface area contributed by atoms with Gasteiger partial charge in [-0.15, -0.1) is 12.3 Å². The van der Waals surface area contributed by atoms with E-state index in [0.717, 1.165) is 0 Å². The second-order valence-corrected chi connectivity index (χ2v) is 3.49. The monoisotopic (exact) mass is 250 g/mol. The van der Waals surface area contributed by atoms with Gasteiger partial charge in [-0.25, -0.2) is 9.59 Å². The first-order valence-corrected chi connectivity index (χ1v) is 5.40. The molecule has 0 unspecified atom stereocenters. The van der Waals surface area contributed by atoms with E-state index in [1.165, 1.54) is 12.1 Å². The largest absolute Gasteiger partial charge is 0.475 e. The van der Waals surface area contributed by atoms with Crippen LogP contribution in [0, 0.1) is 12.3 Å². The van der Waals surface area contributed by atoms with E-state index in [9.17, 15) is 9.59 Å². The number of unbranched alkanes of at least 4 members (excludes halogenated alkanes) is 1. The summed E-state index contributed by atoms with van der Waals surface area (Å²) in [6, 6.07) is 2.49. The maximum absolute atomic E-state index is 11.3. The summed E-state index contributed by atoms with van der Waals surface area (Å²) in [6.07, 6.45) is 6.40. The van der Waals surface area contributed by atoms with E-state index < -0.39 is 5.97 Å². The Hall–Kier alpha value is -2.42. The molecule has 0 fully saturated rings. The molecule has 18 heavy (non-hydrogen) atoms. The molecule has 0 aromatic carbocycles. The minimum absolute atomic E-state index is 0.133. The highest BCUT2D eigenvalue weighted by Gasteiger charge is 2.09. The number of hydrogen-bond donors (Lipinski definition) is 3. The quantitative estimate of drug-likeness (QED) is 0.522. The van der Waals surface area contributed by atoms with Gasteiger partial charge in [0.05, 0.1) is 6.54 Å². The zero-order valence-corrected chi connectivity index (χ0v) is 9.73. The zero-order chi connectivity index (χ0) is 13.4. The van der Waals surface area contributed by atoms with Crippen molar-refractivity contribution in [1.82, 2.24) is 10.6 Å². The van der Waals surface area contributed by atoms with Crippen LogP contribution >= 0.6 is 0 Å². The van der Waals surface area contributed by atoms with Crippen LogP contribution in [0.2, 0.25) is 0 Å². The summed E-state index contributed by atoms with van der Waals surface area (Å²) in [7, 11) is 0. The van der Waals surface area contributed by atoms with Crippen molar-refractivity contribution < 1.29 is 19.1 Å². The number of terminal acetylenes is 1. The number of rotatable bonds is 6. The maximum Gasteiger partial charge on any atom is 0.371 e. The molecule has 0 spiro atoms. The second-order valence-electron chi connectivity index (χ2n) is 3.49. The molecule has 6 nitrogen and oxygen atoms in total. The lowest BCUT2D eigenvalue weighted by Crippen LogP contribution is -2.35. The number of urea groups is 1. The van der Waals surface area contributed by atoms with Crippen LogP contribution in [0.3, 0.4) is 0 Å². The third-order valence-corrected chi connectivity index (χ3v) is 2.08. The van der Waals surface area contributed by atoms with Crippen LogP contribution in [0.5, 0.6) is 0 Å². The van der Waals surface area contributed by atoms with E-state index in [0.29, 0.717) is 25.1 Å². The van der Waals surface area contributed by atoms with Crippen LogP contribution in [-0.4, -0.2) is 23.7 Å². The summed E-state index contributed by atoms with van der Waals surface area (Å²) in [5, 5.41) is 13.8. The predicted octanol–water partition coefficient (Wildman–Crippen LogP) is 1.19. The summed E-state index contributed by atoms with van der Waals surface area (Å²) in [6.45, 7) is 0.628. The van der Waals surface area contributed by atoms with Gasteiger partial charge < -0.3 is 20.2 Å². The lowest BCUT2D eigenvalue weighted by atomic mass is 10.3. The first-order chi connectivity index (χ1) is 8.63. The average Bonchev–Trinajstić information content (AvgIpc) is 2.81. The first kappa shape index (κ1) is 13.6. The number of amides is 2. The molecule has 0 aliphatic carbocycles. The standard InChI is InChI=1S/C12H14N2O4/c1-2-3-4-7-13-12(17)14-8-9-5-6-10(18-9)11(15)16/h1,5-6H,3-4,7-8H2,(H,15,16)(H2,13,14,17). The van der Waals surface area contributed by atoms with Crippen LogP contribution in [0.25, 0.3) is 0 Å². The smallest absolute Gasteiger partial charge is 0.371 e. The number of carbonyl (C=O) groups is 2. The lowest BCUT2D eigenvalue weighted by Gasteiger charge is -2.04. The van der Waals surface area contributed by atoms with Crippen molar-refractivity contribution in [2.75, 3.05) is 6.54 Å². The summed E-state index contributed by atoms with van der Waals surface area (Å²) >= 11 is 0. The Morgan fingerprint density at radius 3 is 2.78 bits per heavy atom. The molecule has 0 radical (unpaired) electrons. The van der Waals surface area contributed by atoms with Crippen molar-refractivity contribution in [3.63, 3.8) is 0 Å². The third-order valence-electron chi connectivity index (χ3n) is 2.08. The number of carbonyl (C=O) groups excluding carboxylic acids is 1. The number of furan rings is 1. The van der Waals surface area contributed by atoms with Crippen molar-refractivity contribution in [1.29, 1.82) is 0 Å². The summed E-state index contributed by atoms with van der Waals surface area (Å²) < 4.78 is 4.97. The summed E-state index contributed by atoms with van der Waals surface area (Å²) in [5.74, 6) is 1.56. The summed E-state index contributed by atoms with van der Waals surface area (Å²) in [5.41, 5.74) is 0. The molecule has 0 aliphatic rings. The molecule has 0 saturated heterocycles. The van der Waals surface area contributed by atoms with Crippen LogP contribution < -0.4 is 10.6 Å². The van der Waals surface area contributed by atoms with E-state index in [4.69, 9.17) is 15.9 Å². The molecule has 0 atom stereocenters. The minimum Gasteiger partial charge on any atom is -0.475 e. The summed E-state index contributed by atoms with van der Waals surface area (Å²) in [4.78, 5) is 21.8. The van der Waals surface area contributed by atoms with Crippen molar-refractivity contribution in [2.24, 2.45) is 0 Å². The van der Waals surface area contributed by atoms with Gasteiger partial charge in [0.2, 0.25) is 5.76 Å². The molecule has 1 aromatic heterocycles. The second kappa shape index (κ2) is 7.01. The van der Waals surface area contributed by atoms with Crippen molar-refractivity contribution in [3.05, 3.63) is 23.7 Å². The molecule has 2 amide bonds. The van der Waals surface area contributed by atoms with Crippen molar-refractivity contribution >= 4 is 12.0 Å². The molecule has 0 aliphatic heterocycles. The first-order valence-electron chi connectivity index (χ1n) is 5.40. The maximum atomic E-state index is 11.3. The Morgan fingerprint density at radius 1 is 1.39 bits per heavy atom. The Bertz CT molecular complexity index is 459. The molecular weight excluding hydrogens is 236 g/mol. The normalized spacial score (nSPS) is 9.50. The Kier molecular flexibility index (Phi) is 5.32.